The topological polar surface area (TPSA) is 146 Å². The summed E-state index contributed by atoms with van der Waals surface area (Å²) in [6.45, 7) is 3.04. The van der Waals surface area contributed by atoms with Gasteiger partial charge in [0.2, 0.25) is 0 Å². The predicted octanol–water partition coefficient (Wildman–Crippen LogP) is -2.80. The van der Waals surface area contributed by atoms with Crippen molar-refractivity contribution in [1.29, 1.82) is 0 Å². The van der Waals surface area contributed by atoms with Crippen LogP contribution in [-0.4, -0.2) is 33.6 Å². The second-order valence-electron chi connectivity index (χ2n) is 0.224. The molecule has 0 saturated carbocycles. The molecule has 0 saturated heterocycles. The van der Waals surface area contributed by atoms with Gasteiger partial charge in [0.25, 0.3) is 0 Å². The van der Waals surface area contributed by atoms with Crippen LogP contribution in [0, 0.1) is 6.92 Å². The molecule has 0 spiro atoms. The quantitative estimate of drug-likeness (QED) is 0.365. The van der Waals surface area contributed by atoms with Gasteiger partial charge >= 0.3 is 29.2 Å². The van der Waals surface area contributed by atoms with Crippen LogP contribution in [0.1, 0.15) is 0 Å². The third-order valence-electron chi connectivity index (χ3n) is 0. The number of hydrogen-bond acceptors (Lipinski definition) is 1. The van der Waals surface area contributed by atoms with E-state index in [9.17, 15) is 0 Å². The van der Waals surface area contributed by atoms with Crippen LogP contribution in [0.15, 0.2) is 0 Å². The first-order valence-electron chi connectivity index (χ1n) is 0.930. The first-order valence-corrected chi connectivity index (χ1v) is 3.61. The average molecular weight is 350 g/mol. The van der Waals surface area contributed by atoms with E-state index in [4.69, 9.17) is 5.11 Å². The Morgan fingerprint density at radius 3 is 1.11 bits per heavy atom. The molecule has 9 heavy (non-hydrogen) atoms. The Bertz CT molecular complexity index is 14.9. The number of rotatable bonds is 0. The van der Waals surface area contributed by atoms with E-state index in [0.29, 0.717) is 0 Å². The molecule has 7 heteroatoms. The van der Waals surface area contributed by atoms with Crippen LogP contribution in [0.2, 0.25) is 0 Å². The van der Waals surface area contributed by atoms with E-state index in [0.717, 1.165) is 0 Å². The van der Waals surface area contributed by atoms with E-state index in [1.54, 1.807) is 20.0 Å². The number of aliphatic hydroxyl groups is 1. The van der Waals surface area contributed by atoms with E-state index in [2.05, 4.69) is 16.1 Å². The molecule has 0 aromatic heterocycles. The summed E-state index contributed by atoms with van der Waals surface area (Å²) in [7, 11) is 4.58. The van der Waals surface area contributed by atoms with Crippen molar-refractivity contribution in [2.24, 2.45) is 0 Å². The van der Waals surface area contributed by atoms with Crippen LogP contribution in [0.5, 0.6) is 0 Å². The fraction of sp³-hybridized carbons (Fsp3) is 0.500. The molecular formula is C2H13AuClO5-. The van der Waals surface area contributed by atoms with Crippen molar-refractivity contribution < 1.29 is 47.0 Å². The monoisotopic (exact) mass is 349 g/mol. The second-order valence-corrected chi connectivity index (χ2v) is 0.224. The van der Waals surface area contributed by atoms with Gasteiger partial charge in [0.05, 0.1) is 0 Å². The SMILES string of the molecule is O.O.O.O.[CH2-]CO.[Cl][Au]. The number of aliphatic hydroxyl groups excluding tert-OH is 1. The first kappa shape index (κ1) is 52.2. The molecule has 0 heterocycles. The summed E-state index contributed by atoms with van der Waals surface area (Å²) in [5.41, 5.74) is 0. The molecule has 0 rings (SSSR count). The Morgan fingerprint density at radius 1 is 1.11 bits per heavy atom. The molecule has 0 aliphatic carbocycles. The molecule has 70 valence electrons. The van der Waals surface area contributed by atoms with Crippen molar-refractivity contribution >= 4 is 9.19 Å². The van der Waals surface area contributed by atoms with Crippen LogP contribution in [0.4, 0.5) is 0 Å². The van der Waals surface area contributed by atoms with Crippen molar-refractivity contribution in [3.63, 3.8) is 0 Å². The normalized spacial score (nSPS) is 2.78. The molecule has 0 aliphatic heterocycles. The van der Waals surface area contributed by atoms with Gasteiger partial charge < -0.3 is 33.9 Å². The van der Waals surface area contributed by atoms with Crippen molar-refractivity contribution in [3.05, 3.63) is 6.92 Å². The zero-order chi connectivity index (χ0) is 4.71. The summed E-state index contributed by atoms with van der Waals surface area (Å²) in [6.07, 6.45) is 0. The van der Waals surface area contributed by atoms with Crippen LogP contribution < -0.4 is 0 Å². The molecule has 0 bridgehead atoms. The standard InChI is InChI=1S/C2H5O.Au.ClH.4H2O/c1-2-3;;;;;;/h3H,1-2H2;;1H;4*1H2/q-1;+1;;;;;/p-1. The minimum absolute atomic E-state index is 0. The van der Waals surface area contributed by atoms with Gasteiger partial charge in [-0.25, -0.2) is 0 Å². The van der Waals surface area contributed by atoms with Gasteiger partial charge in [0.15, 0.2) is 0 Å². The Balaban J connectivity index is -0.00000000357. The summed E-state index contributed by atoms with van der Waals surface area (Å²) >= 11 is 1.75. The summed E-state index contributed by atoms with van der Waals surface area (Å²) in [5.74, 6) is 0. The number of hydrogen-bond donors (Lipinski definition) is 1. The molecule has 0 aromatic rings. The summed E-state index contributed by atoms with van der Waals surface area (Å²) in [5, 5.41) is 7.46. The molecule has 0 radical (unpaired) electrons. The van der Waals surface area contributed by atoms with Crippen LogP contribution >= 0.6 is 9.19 Å². The molecule has 0 aliphatic rings. The van der Waals surface area contributed by atoms with E-state index >= 15 is 0 Å². The van der Waals surface area contributed by atoms with E-state index in [1.165, 1.54) is 0 Å². The minimum atomic E-state index is 0. The van der Waals surface area contributed by atoms with Crippen LogP contribution in [0.3, 0.4) is 0 Å². The van der Waals surface area contributed by atoms with Crippen molar-refractivity contribution in [2.45, 2.75) is 0 Å². The second kappa shape index (κ2) is 162. The van der Waals surface area contributed by atoms with Gasteiger partial charge in [-0.1, -0.05) is 6.61 Å². The van der Waals surface area contributed by atoms with Crippen molar-refractivity contribution in [3.8, 4) is 0 Å². The van der Waals surface area contributed by atoms with Crippen LogP contribution in [-0.2, 0) is 20.0 Å². The maximum absolute atomic E-state index is 7.46. The van der Waals surface area contributed by atoms with Crippen molar-refractivity contribution in [2.75, 3.05) is 6.61 Å². The third-order valence-corrected chi connectivity index (χ3v) is 0. The molecule has 9 N–H and O–H groups in total. The van der Waals surface area contributed by atoms with E-state index < -0.39 is 0 Å². The zero-order valence-corrected chi connectivity index (χ0v) is 7.46. The van der Waals surface area contributed by atoms with Crippen LogP contribution in [0.25, 0.3) is 0 Å². The van der Waals surface area contributed by atoms with Gasteiger partial charge in [-0.15, -0.1) is 0 Å². The van der Waals surface area contributed by atoms with E-state index in [1.807, 2.05) is 0 Å². The fourth-order valence-corrected chi connectivity index (χ4v) is 0. The summed E-state index contributed by atoms with van der Waals surface area (Å²) in [4.78, 5) is 0. The Morgan fingerprint density at radius 2 is 1.11 bits per heavy atom. The summed E-state index contributed by atoms with van der Waals surface area (Å²) in [6, 6.07) is 0. The van der Waals surface area contributed by atoms with E-state index in [-0.39, 0.29) is 28.5 Å². The molecule has 0 atom stereocenters. The van der Waals surface area contributed by atoms with Gasteiger partial charge in [-0.3, -0.25) is 0 Å². The molecular weight excluding hydrogens is 336 g/mol. The third kappa shape index (κ3) is 598. The molecule has 0 aromatic carbocycles. The molecule has 0 unspecified atom stereocenters. The fourth-order valence-electron chi connectivity index (χ4n) is 0. The molecule has 0 amide bonds. The summed E-state index contributed by atoms with van der Waals surface area (Å²) < 4.78 is 0. The Labute approximate surface area is 70.0 Å². The predicted molar refractivity (Wildman–Crippen MR) is 32.8 cm³/mol. The zero-order valence-electron chi connectivity index (χ0n) is 4.54. The van der Waals surface area contributed by atoms with Gasteiger partial charge in [0.1, 0.15) is 0 Å². The van der Waals surface area contributed by atoms with Gasteiger partial charge in [-0.2, -0.15) is 0 Å². The maximum atomic E-state index is 7.46. The van der Waals surface area contributed by atoms with Crippen molar-refractivity contribution in [1.82, 2.24) is 0 Å². The first-order chi connectivity index (χ1) is 2.41. The Hall–Kier alpha value is 0.830. The van der Waals surface area contributed by atoms with Gasteiger partial charge in [0, 0.05) is 0 Å². The average Bonchev–Trinajstić information content (AvgIpc) is 1.46. The molecule has 5 nitrogen and oxygen atoms in total. The Kier molecular flexibility index (Phi) is 938. The number of halogens is 1. The van der Waals surface area contributed by atoms with Gasteiger partial charge in [-0.05, 0) is 0 Å². The molecule has 0 fully saturated rings.